The topological polar surface area (TPSA) is 78.7 Å². The van der Waals surface area contributed by atoms with E-state index in [1.165, 1.54) is 28.7 Å². The first-order valence-electron chi connectivity index (χ1n) is 11.6. The molecule has 2 aromatic heterocycles. The molecule has 1 N–H and O–H groups in total. The van der Waals surface area contributed by atoms with Crippen LogP contribution in [0.2, 0.25) is 0 Å². The number of piperazine rings is 1. The van der Waals surface area contributed by atoms with Crippen molar-refractivity contribution in [1.82, 2.24) is 14.8 Å². The number of amides is 2. The molecule has 1 saturated heterocycles. The molecule has 1 fully saturated rings. The maximum Gasteiger partial charge on any atom is 0.293 e. The second-order valence-electron chi connectivity index (χ2n) is 8.39. The van der Waals surface area contributed by atoms with Gasteiger partial charge in [0.05, 0.1) is 24.4 Å². The summed E-state index contributed by atoms with van der Waals surface area (Å²) in [7, 11) is 0. The largest absolute Gasteiger partial charge is 0.459 e. The third-order valence-corrected chi connectivity index (χ3v) is 6.92. The summed E-state index contributed by atoms with van der Waals surface area (Å²) >= 11 is 1.30. The zero-order chi connectivity index (χ0) is 24.0. The summed E-state index contributed by atoms with van der Waals surface area (Å²) in [4.78, 5) is 33.9. The Bertz CT molecular complexity index is 1210. The minimum Gasteiger partial charge on any atom is -0.459 e. The lowest BCUT2D eigenvalue weighted by atomic mass is 9.96. The molecule has 0 saturated carbocycles. The maximum atomic E-state index is 13.0. The van der Waals surface area contributed by atoms with Gasteiger partial charge in [-0.2, -0.15) is 0 Å². The predicted molar refractivity (Wildman–Crippen MR) is 135 cm³/mol. The molecule has 2 amide bonds. The standard InChI is InChI=1S/C27H26N4O3S/c32-24(18-22-19-35-27(28-22)29-26(33)23-12-7-17-34-23)30-13-15-31(16-14-30)25(20-8-3-1-4-9-20)21-10-5-2-6-11-21/h1-12,17,19,25H,13-16,18H2,(H,28,29,33). The number of hydrogen-bond acceptors (Lipinski definition) is 6. The molecule has 0 radical (unpaired) electrons. The molecule has 0 spiro atoms. The third kappa shape index (κ3) is 5.50. The van der Waals surface area contributed by atoms with E-state index in [4.69, 9.17) is 4.42 Å². The number of anilines is 1. The lowest BCUT2D eigenvalue weighted by molar-refractivity contribution is -0.132. The Morgan fingerprint density at radius 1 is 0.914 bits per heavy atom. The fourth-order valence-electron chi connectivity index (χ4n) is 4.39. The summed E-state index contributed by atoms with van der Waals surface area (Å²) in [5, 5.41) is 4.97. The third-order valence-electron chi connectivity index (χ3n) is 6.11. The first-order valence-corrected chi connectivity index (χ1v) is 12.5. The predicted octanol–water partition coefficient (Wildman–Crippen LogP) is 4.46. The lowest BCUT2D eigenvalue weighted by Gasteiger charge is -2.39. The molecule has 0 atom stereocenters. The van der Waals surface area contributed by atoms with Crippen LogP contribution in [0.25, 0.3) is 0 Å². The van der Waals surface area contributed by atoms with Crippen LogP contribution >= 0.6 is 11.3 Å². The van der Waals surface area contributed by atoms with E-state index in [-0.39, 0.29) is 30.0 Å². The van der Waals surface area contributed by atoms with Crippen LogP contribution in [0.1, 0.15) is 33.4 Å². The Labute approximate surface area is 208 Å². The number of furan rings is 1. The van der Waals surface area contributed by atoms with E-state index < -0.39 is 0 Å². The van der Waals surface area contributed by atoms with Gasteiger partial charge in [0, 0.05) is 31.6 Å². The molecular weight excluding hydrogens is 460 g/mol. The highest BCUT2D eigenvalue weighted by molar-refractivity contribution is 7.14. The smallest absolute Gasteiger partial charge is 0.293 e. The van der Waals surface area contributed by atoms with E-state index in [2.05, 4.69) is 63.7 Å². The highest BCUT2D eigenvalue weighted by Crippen LogP contribution is 2.29. The van der Waals surface area contributed by atoms with Crippen LogP contribution in [0.4, 0.5) is 5.13 Å². The molecular formula is C27H26N4O3S. The van der Waals surface area contributed by atoms with Crippen molar-refractivity contribution in [2.24, 2.45) is 0 Å². The van der Waals surface area contributed by atoms with Crippen LogP contribution in [-0.2, 0) is 11.2 Å². The molecule has 2 aromatic carbocycles. The van der Waals surface area contributed by atoms with Crippen molar-refractivity contribution < 1.29 is 14.0 Å². The summed E-state index contributed by atoms with van der Waals surface area (Å²) in [5.41, 5.74) is 3.17. The van der Waals surface area contributed by atoms with Gasteiger partial charge >= 0.3 is 0 Å². The number of benzene rings is 2. The highest BCUT2D eigenvalue weighted by atomic mass is 32.1. The van der Waals surface area contributed by atoms with E-state index in [9.17, 15) is 9.59 Å². The normalized spacial score (nSPS) is 14.3. The van der Waals surface area contributed by atoms with Crippen LogP contribution in [0.5, 0.6) is 0 Å². The van der Waals surface area contributed by atoms with Gasteiger partial charge in [-0.3, -0.25) is 19.8 Å². The number of nitrogens with one attached hydrogen (secondary N) is 1. The SMILES string of the molecule is O=C(Nc1nc(CC(=O)N2CCN(C(c3ccccc3)c3ccccc3)CC2)cs1)c1ccco1. The molecule has 0 bridgehead atoms. The monoisotopic (exact) mass is 486 g/mol. The maximum absolute atomic E-state index is 13.0. The van der Waals surface area contributed by atoms with Gasteiger partial charge in [0.2, 0.25) is 5.91 Å². The van der Waals surface area contributed by atoms with Crippen LogP contribution in [0, 0.1) is 0 Å². The first-order chi connectivity index (χ1) is 17.2. The van der Waals surface area contributed by atoms with Crippen molar-refractivity contribution in [2.45, 2.75) is 12.5 Å². The van der Waals surface area contributed by atoms with E-state index in [0.29, 0.717) is 23.9 Å². The van der Waals surface area contributed by atoms with Crippen LogP contribution < -0.4 is 5.32 Å². The van der Waals surface area contributed by atoms with Gasteiger partial charge in [0.15, 0.2) is 10.9 Å². The van der Waals surface area contributed by atoms with Gasteiger partial charge in [-0.1, -0.05) is 60.7 Å². The quantitative estimate of drug-likeness (QED) is 0.417. The highest BCUT2D eigenvalue weighted by Gasteiger charge is 2.28. The summed E-state index contributed by atoms with van der Waals surface area (Å²) in [6.45, 7) is 2.92. The Morgan fingerprint density at radius 2 is 1.57 bits per heavy atom. The van der Waals surface area contributed by atoms with Gasteiger partial charge < -0.3 is 9.32 Å². The number of nitrogens with zero attached hydrogens (tertiary/aromatic N) is 3. The zero-order valence-electron chi connectivity index (χ0n) is 19.2. The summed E-state index contributed by atoms with van der Waals surface area (Å²) in [6, 6.07) is 24.4. The Kier molecular flexibility index (Phi) is 7.02. The Balaban J connectivity index is 1.19. The first kappa shape index (κ1) is 23.0. The van der Waals surface area contributed by atoms with Gasteiger partial charge in [0.25, 0.3) is 5.91 Å². The molecule has 4 aromatic rings. The van der Waals surface area contributed by atoms with Crippen LogP contribution in [0.3, 0.4) is 0 Å². The van der Waals surface area contributed by atoms with Crippen molar-refractivity contribution in [3.8, 4) is 0 Å². The second-order valence-corrected chi connectivity index (χ2v) is 9.25. The lowest BCUT2D eigenvalue weighted by Crippen LogP contribution is -2.50. The number of carbonyl (C=O) groups excluding carboxylic acids is 2. The van der Waals surface area contributed by atoms with Crippen molar-refractivity contribution >= 4 is 28.3 Å². The molecule has 8 heteroatoms. The summed E-state index contributed by atoms with van der Waals surface area (Å²) in [6.07, 6.45) is 1.66. The average molecular weight is 487 g/mol. The van der Waals surface area contributed by atoms with Gasteiger partial charge in [0.1, 0.15) is 0 Å². The number of aromatic nitrogens is 1. The fraction of sp³-hybridized carbons (Fsp3) is 0.222. The van der Waals surface area contributed by atoms with Crippen molar-refractivity contribution in [3.63, 3.8) is 0 Å². The molecule has 5 rings (SSSR count). The number of rotatable bonds is 7. The number of thiazole rings is 1. The van der Waals surface area contributed by atoms with Crippen LogP contribution in [0.15, 0.2) is 88.9 Å². The number of hydrogen-bond donors (Lipinski definition) is 1. The Hall–Kier alpha value is -3.75. The van der Waals surface area contributed by atoms with Crippen molar-refractivity contribution in [1.29, 1.82) is 0 Å². The number of carbonyl (C=O) groups is 2. The van der Waals surface area contributed by atoms with E-state index in [1.54, 1.807) is 12.1 Å². The van der Waals surface area contributed by atoms with Gasteiger partial charge in [-0.15, -0.1) is 11.3 Å². The molecule has 1 aliphatic heterocycles. The van der Waals surface area contributed by atoms with Gasteiger partial charge in [-0.25, -0.2) is 4.98 Å². The van der Waals surface area contributed by atoms with E-state index in [1.807, 2.05) is 22.4 Å². The van der Waals surface area contributed by atoms with Gasteiger partial charge in [-0.05, 0) is 23.3 Å². The van der Waals surface area contributed by atoms with Crippen LogP contribution in [-0.4, -0.2) is 52.8 Å². The van der Waals surface area contributed by atoms with E-state index >= 15 is 0 Å². The average Bonchev–Trinajstić information content (AvgIpc) is 3.59. The molecule has 7 nitrogen and oxygen atoms in total. The molecule has 0 aliphatic carbocycles. The fourth-order valence-corrected chi connectivity index (χ4v) is 5.10. The zero-order valence-corrected chi connectivity index (χ0v) is 20.0. The molecule has 35 heavy (non-hydrogen) atoms. The Morgan fingerprint density at radius 3 is 2.17 bits per heavy atom. The molecule has 1 aliphatic rings. The van der Waals surface area contributed by atoms with Crippen molar-refractivity contribution in [3.05, 3.63) is 107 Å². The summed E-state index contributed by atoms with van der Waals surface area (Å²) in [5.74, 6) is -0.0837. The minimum absolute atomic E-state index is 0.0508. The summed E-state index contributed by atoms with van der Waals surface area (Å²) < 4.78 is 5.10. The van der Waals surface area contributed by atoms with Crippen molar-refractivity contribution in [2.75, 3.05) is 31.5 Å². The minimum atomic E-state index is -0.357. The molecule has 0 unspecified atom stereocenters. The second kappa shape index (κ2) is 10.7. The molecule has 178 valence electrons. The van der Waals surface area contributed by atoms with E-state index in [0.717, 1.165) is 13.1 Å². The molecule has 3 heterocycles.